The molecular weight excluding hydrogens is 563 g/mol. The molecule has 0 spiro atoms. The molecule has 0 bridgehead atoms. The monoisotopic (exact) mass is 576 g/mol. The van der Waals surface area contributed by atoms with Crippen molar-refractivity contribution < 1.29 is 9.53 Å². The van der Waals surface area contributed by atoms with Crippen LogP contribution in [0.3, 0.4) is 0 Å². The predicted octanol–water partition coefficient (Wildman–Crippen LogP) is 5.82. The number of hydrogen-bond donors (Lipinski definition) is 0. The molecule has 0 N–H and O–H groups in total. The lowest BCUT2D eigenvalue weighted by Crippen LogP contribution is -2.23. The first-order chi connectivity index (χ1) is 12.9. The van der Waals surface area contributed by atoms with Crippen LogP contribution in [0.1, 0.15) is 11.1 Å². The Labute approximate surface area is 189 Å². The lowest BCUT2D eigenvalue weighted by atomic mass is 10.2. The maximum Gasteiger partial charge on any atom is 0.266 e. The molecule has 4 nitrogen and oxygen atoms in total. The van der Waals surface area contributed by atoms with Crippen molar-refractivity contribution in [2.24, 2.45) is 4.99 Å². The Hall–Kier alpha value is -1.03. The SMILES string of the molecule is CN=C1S/C(=C\c2cc(Cl)c(OCc3ccc(I)cc3)c(Br)c2)C(=O)N1C. The molecule has 1 fully saturated rings. The van der Waals surface area contributed by atoms with E-state index in [4.69, 9.17) is 16.3 Å². The number of amides is 1. The van der Waals surface area contributed by atoms with Gasteiger partial charge >= 0.3 is 0 Å². The molecule has 2 aromatic carbocycles. The Morgan fingerprint density at radius 2 is 2.04 bits per heavy atom. The van der Waals surface area contributed by atoms with Crippen LogP contribution in [-0.4, -0.2) is 30.1 Å². The van der Waals surface area contributed by atoms with Crippen molar-refractivity contribution in [3.8, 4) is 5.75 Å². The fourth-order valence-corrected chi connectivity index (χ4v) is 4.71. The van der Waals surface area contributed by atoms with Gasteiger partial charge in [0.05, 0.1) is 14.4 Å². The van der Waals surface area contributed by atoms with E-state index in [0.29, 0.717) is 27.5 Å². The lowest BCUT2D eigenvalue weighted by molar-refractivity contribution is -0.121. The number of benzene rings is 2. The number of ether oxygens (including phenoxy) is 1. The van der Waals surface area contributed by atoms with Crippen molar-refractivity contribution in [3.05, 3.63) is 65.5 Å². The van der Waals surface area contributed by atoms with E-state index in [1.165, 1.54) is 20.2 Å². The second-order valence-electron chi connectivity index (χ2n) is 5.71. The van der Waals surface area contributed by atoms with Crippen LogP contribution >= 0.6 is 61.9 Å². The molecule has 0 atom stereocenters. The molecule has 0 aromatic heterocycles. The van der Waals surface area contributed by atoms with E-state index in [0.717, 1.165) is 15.6 Å². The Balaban J connectivity index is 1.80. The molecule has 1 aliphatic rings. The molecule has 27 heavy (non-hydrogen) atoms. The second kappa shape index (κ2) is 8.98. The summed E-state index contributed by atoms with van der Waals surface area (Å²) in [5.41, 5.74) is 1.88. The summed E-state index contributed by atoms with van der Waals surface area (Å²) in [6, 6.07) is 11.8. The summed E-state index contributed by atoms with van der Waals surface area (Å²) >= 11 is 13.6. The summed E-state index contributed by atoms with van der Waals surface area (Å²) in [6.07, 6.45) is 1.81. The molecule has 140 valence electrons. The van der Waals surface area contributed by atoms with Gasteiger partial charge in [-0.2, -0.15) is 0 Å². The van der Waals surface area contributed by atoms with E-state index in [9.17, 15) is 4.79 Å². The number of hydrogen-bond acceptors (Lipinski definition) is 4. The number of halogens is 3. The van der Waals surface area contributed by atoms with E-state index in [-0.39, 0.29) is 5.91 Å². The highest BCUT2D eigenvalue weighted by molar-refractivity contribution is 14.1. The fraction of sp³-hybridized carbons (Fsp3) is 0.158. The minimum absolute atomic E-state index is 0.0770. The van der Waals surface area contributed by atoms with Crippen molar-refractivity contribution in [1.29, 1.82) is 0 Å². The zero-order valence-corrected chi connectivity index (χ0v) is 19.8. The zero-order chi connectivity index (χ0) is 19.6. The molecule has 1 amide bonds. The van der Waals surface area contributed by atoms with Crippen LogP contribution in [0, 0.1) is 3.57 Å². The number of carbonyl (C=O) groups is 1. The quantitative estimate of drug-likeness (QED) is 0.340. The first-order valence-corrected chi connectivity index (χ1v) is 11.0. The minimum Gasteiger partial charge on any atom is -0.486 e. The molecule has 3 rings (SSSR count). The van der Waals surface area contributed by atoms with Crippen LogP contribution in [-0.2, 0) is 11.4 Å². The summed E-state index contributed by atoms with van der Waals surface area (Å²) in [7, 11) is 3.38. The van der Waals surface area contributed by atoms with E-state index >= 15 is 0 Å². The Kier molecular flexibility index (Phi) is 6.88. The summed E-state index contributed by atoms with van der Waals surface area (Å²) < 4.78 is 7.80. The van der Waals surface area contributed by atoms with Gasteiger partial charge in [-0.3, -0.25) is 14.7 Å². The molecule has 0 saturated carbocycles. The average molecular weight is 578 g/mol. The highest BCUT2D eigenvalue weighted by Crippen LogP contribution is 2.37. The fourth-order valence-electron chi connectivity index (χ4n) is 2.44. The van der Waals surface area contributed by atoms with Gasteiger partial charge in [-0.05, 0) is 91.8 Å². The number of amidine groups is 1. The van der Waals surface area contributed by atoms with Crippen molar-refractivity contribution in [2.75, 3.05) is 14.1 Å². The largest absolute Gasteiger partial charge is 0.486 e. The summed E-state index contributed by atoms with van der Waals surface area (Å²) in [5, 5.41) is 1.16. The van der Waals surface area contributed by atoms with E-state index in [1.54, 1.807) is 26.2 Å². The number of rotatable bonds is 4. The van der Waals surface area contributed by atoms with Gasteiger partial charge in [0.15, 0.2) is 10.9 Å². The standard InChI is InChI=1S/C19H15BrClIN2O2S/c1-23-19-24(2)18(25)16(27-19)9-12-7-14(20)17(15(21)8-12)26-10-11-3-5-13(22)6-4-11/h3-9H,10H2,1-2H3/b16-9-,23-19?. The molecule has 1 heterocycles. The highest BCUT2D eigenvalue weighted by atomic mass is 127. The van der Waals surface area contributed by atoms with Gasteiger partial charge in [0, 0.05) is 17.7 Å². The van der Waals surface area contributed by atoms with E-state index in [1.807, 2.05) is 30.3 Å². The van der Waals surface area contributed by atoms with Gasteiger partial charge in [-0.25, -0.2) is 0 Å². The molecule has 1 aliphatic heterocycles. The van der Waals surface area contributed by atoms with Crippen molar-refractivity contribution >= 4 is 79.0 Å². The second-order valence-corrected chi connectivity index (χ2v) is 9.23. The summed E-state index contributed by atoms with van der Waals surface area (Å²) in [5.74, 6) is 0.502. The number of aliphatic imine (C=N–C) groups is 1. The smallest absolute Gasteiger partial charge is 0.266 e. The Bertz CT molecular complexity index is 924. The number of likely N-dealkylation sites (N-methyl/N-ethyl adjacent to an activating group) is 1. The van der Waals surface area contributed by atoms with Gasteiger partial charge < -0.3 is 4.74 Å². The maximum absolute atomic E-state index is 12.3. The van der Waals surface area contributed by atoms with Gasteiger partial charge in [0.2, 0.25) is 0 Å². The number of carbonyl (C=O) groups excluding carboxylic acids is 1. The van der Waals surface area contributed by atoms with Gasteiger partial charge in [0.25, 0.3) is 5.91 Å². The lowest BCUT2D eigenvalue weighted by Gasteiger charge is -2.11. The molecule has 2 aromatic rings. The third-order valence-electron chi connectivity index (χ3n) is 3.81. The molecule has 1 saturated heterocycles. The molecule has 8 heteroatoms. The topological polar surface area (TPSA) is 41.9 Å². The molecule has 0 radical (unpaired) electrons. The van der Waals surface area contributed by atoms with Crippen LogP contribution in [0.2, 0.25) is 5.02 Å². The predicted molar refractivity (Wildman–Crippen MR) is 124 cm³/mol. The van der Waals surface area contributed by atoms with Crippen LogP contribution in [0.4, 0.5) is 0 Å². The summed E-state index contributed by atoms with van der Waals surface area (Å²) in [6.45, 7) is 0.422. The van der Waals surface area contributed by atoms with Crippen molar-refractivity contribution in [2.45, 2.75) is 6.61 Å². The van der Waals surface area contributed by atoms with Crippen molar-refractivity contribution in [3.63, 3.8) is 0 Å². The van der Waals surface area contributed by atoms with Crippen LogP contribution in [0.5, 0.6) is 5.75 Å². The average Bonchev–Trinajstić information content (AvgIpc) is 2.90. The van der Waals surface area contributed by atoms with E-state index < -0.39 is 0 Å². The maximum atomic E-state index is 12.3. The Morgan fingerprint density at radius 1 is 1.33 bits per heavy atom. The van der Waals surface area contributed by atoms with Gasteiger partial charge in [-0.15, -0.1) is 0 Å². The van der Waals surface area contributed by atoms with E-state index in [2.05, 4.69) is 43.5 Å². The van der Waals surface area contributed by atoms with Gasteiger partial charge in [0.1, 0.15) is 6.61 Å². The number of nitrogens with zero attached hydrogens (tertiary/aromatic N) is 2. The first kappa shape index (κ1) is 20.7. The molecule has 0 unspecified atom stereocenters. The normalized spacial score (nSPS) is 17.2. The van der Waals surface area contributed by atoms with Crippen LogP contribution < -0.4 is 4.74 Å². The minimum atomic E-state index is -0.0770. The first-order valence-electron chi connectivity index (χ1n) is 7.89. The van der Waals surface area contributed by atoms with Gasteiger partial charge in [-0.1, -0.05) is 23.7 Å². The number of thioether (sulfide) groups is 1. The zero-order valence-electron chi connectivity index (χ0n) is 14.5. The summed E-state index contributed by atoms with van der Waals surface area (Å²) in [4.78, 5) is 18.5. The molecular formula is C19H15BrClIN2O2S. The third-order valence-corrected chi connectivity index (χ3v) is 6.55. The van der Waals surface area contributed by atoms with Crippen molar-refractivity contribution in [1.82, 2.24) is 4.90 Å². The third kappa shape index (κ3) is 4.88. The highest BCUT2D eigenvalue weighted by Gasteiger charge is 2.29. The molecule has 0 aliphatic carbocycles. The van der Waals surface area contributed by atoms with Crippen LogP contribution in [0.15, 0.2) is 50.8 Å². The Morgan fingerprint density at radius 3 is 2.63 bits per heavy atom. The van der Waals surface area contributed by atoms with Crippen LogP contribution in [0.25, 0.3) is 6.08 Å².